The largest absolute Gasteiger partial charge is 0.481 e. The third-order valence-electron chi connectivity index (χ3n) is 4.86. The van der Waals surface area contributed by atoms with Crippen LogP contribution in [0.1, 0.15) is 102 Å². The van der Waals surface area contributed by atoms with Crippen molar-refractivity contribution in [3.8, 4) is 0 Å². The molecule has 27 heavy (non-hydrogen) atoms. The maximum absolute atomic E-state index is 11.9. The van der Waals surface area contributed by atoms with Gasteiger partial charge in [0.2, 0.25) is 0 Å². The van der Waals surface area contributed by atoms with Gasteiger partial charge in [-0.25, -0.2) is 9.97 Å². The van der Waals surface area contributed by atoms with E-state index in [1.54, 1.807) is 12.4 Å². The second-order valence-corrected chi connectivity index (χ2v) is 7.45. The SMILES string of the molecule is O=C(O)CCCCCCCCCCCCCCCC(=O)Cc1cncnc1. The molecule has 0 radical (unpaired) electrons. The van der Waals surface area contributed by atoms with E-state index in [4.69, 9.17) is 5.11 Å². The Hall–Kier alpha value is -1.78. The number of ketones is 1. The van der Waals surface area contributed by atoms with Gasteiger partial charge in [-0.15, -0.1) is 0 Å². The van der Waals surface area contributed by atoms with E-state index < -0.39 is 5.97 Å². The lowest BCUT2D eigenvalue weighted by molar-refractivity contribution is -0.137. The molecule has 0 aliphatic rings. The van der Waals surface area contributed by atoms with Gasteiger partial charge in [0.25, 0.3) is 0 Å². The number of rotatable bonds is 18. The van der Waals surface area contributed by atoms with Crippen LogP contribution < -0.4 is 0 Å². The van der Waals surface area contributed by atoms with Crippen molar-refractivity contribution in [1.29, 1.82) is 0 Å². The van der Waals surface area contributed by atoms with Gasteiger partial charge >= 0.3 is 5.97 Å². The standard InChI is InChI=1S/C22H36N2O3/c25-21(16-20-17-23-19-24-18-20)14-12-10-8-6-4-2-1-3-5-7-9-11-13-15-22(26)27/h17-19H,1-16H2,(H,26,27). The molecule has 1 aromatic heterocycles. The summed E-state index contributed by atoms with van der Waals surface area (Å²) >= 11 is 0. The predicted molar refractivity (Wildman–Crippen MR) is 108 cm³/mol. The van der Waals surface area contributed by atoms with Gasteiger partial charge in [-0.05, 0) is 18.4 Å². The van der Waals surface area contributed by atoms with Gasteiger partial charge < -0.3 is 5.11 Å². The molecular weight excluding hydrogens is 340 g/mol. The van der Waals surface area contributed by atoms with Crippen molar-refractivity contribution in [2.45, 2.75) is 103 Å². The normalized spacial score (nSPS) is 10.8. The average Bonchev–Trinajstić information content (AvgIpc) is 2.65. The number of carboxylic acid groups (broad SMARTS) is 1. The predicted octanol–water partition coefficient (Wildman–Crippen LogP) is 5.52. The fraction of sp³-hybridized carbons (Fsp3) is 0.727. The number of carbonyl (C=O) groups excluding carboxylic acids is 1. The van der Waals surface area contributed by atoms with Crippen LogP contribution in [0.5, 0.6) is 0 Å². The fourth-order valence-corrected chi connectivity index (χ4v) is 3.28. The van der Waals surface area contributed by atoms with Gasteiger partial charge in [0, 0.05) is 31.7 Å². The number of hydrogen-bond donors (Lipinski definition) is 1. The Morgan fingerprint density at radius 1 is 0.667 bits per heavy atom. The van der Waals surface area contributed by atoms with E-state index in [0.717, 1.165) is 31.2 Å². The van der Waals surface area contributed by atoms with Crippen LogP contribution in [0.3, 0.4) is 0 Å². The number of hydrogen-bond acceptors (Lipinski definition) is 4. The summed E-state index contributed by atoms with van der Waals surface area (Å²) in [7, 11) is 0. The van der Waals surface area contributed by atoms with E-state index in [0.29, 0.717) is 19.3 Å². The summed E-state index contributed by atoms with van der Waals surface area (Å²) in [6.07, 6.45) is 21.8. The molecule has 1 heterocycles. The summed E-state index contributed by atoms with van der Waals surface area (Å²) in [5, 5.41) is 8.56. The lowest BCUT2D eigenvalue weighted by Crippen LogP contribution is -2.03. The maximum Gasteiger partial charge on any atom is 0.303 e. The Balaban J connectivity index is 1.78. The van der Waals surface area contributed by atoms with Crippen molar-refractivity contribution in [1.82, 2.24) is 9.97 Å². The first-order chi connectivity index (χ1) is 13.2. The van der Waals surface area contributed by atoms with Gasteiger partial charge in [0.15, 0.2) is 0 Å². The molecule has 0 spiro atoms. The Morgan fingerprint density at radius 2 is 1.07 bits per heavy atom. The van der Waals surface area contributed by atoms with Crippen molar-refractivity contribution in [2.75, 3.05) is 0 Å². The summed E-state index contributed by atoms with van der Waals surface area (Å²) in [5.74, 6) is -0.392. The van der Waals surface area contributed by atoms with Crippen LogP contribution in [0.25, 0.3) is 0 Å². The highest BCUT2D eigenvalue weighted by Crippen LogP contribution is 2.13. The monoisotopic (exact) mass is 376 g/mol. The van der Waals surface area contributed by atoms with Crippen molar-refractivity contribution >= 4 is 11.8 Å². The summed E-state index contributed by atoms with van der Waals surface area (Å²) in [5.41, 5.74) is 0.905. The molecule has 0 fully saturated rings. The Morgan fingerprint density at radius 3 is 1.52 bits per heavy atom. The van der Waals surface area contributed by atoms with Gasteiger partial charge in [-0.2, -0.15) is 0 Å². The zero-order valence-corrected chi connectivity index (χ0v) is 16.7. The van der Waals surface area contributed by atoms with Crippen molar-refractivity contribution < 1.29 is 14.7 Å². The van der Waals surface area contributed by atoms with Crippen LogP contribution in [0, 0.1) is 0 Å². The molecule has 5 heteroatoms. The number of unbranched alkanes of at least 4 members (excludes halogenated alkanes) is 12. The minimum atomic E-state index is -0.677. The number of aliphatic carboxylic acids is 1. The molecule has 0 aliphatic carbocycles. The van der Waals surface area contributed by atoms with Crippen molar-refractivity contribution in [3.63, 3.8) is 0 Å². The van der Waals surface area contributed by atoms with Gasteiger partial charge in [-0.3, -0.25) is 9.59 Å². The van der Waals surface area contributed by atoms with Gasteiger partial charge in [0.1, 0.15) is 12.1 Å². The maximum atomic E-state index is 11.9. The molecule has 152 valence electrons. The molecule has 0 saturated heterocycles. The number of aromatic nitrogens is 2. The Labute approximate surface area is 164 Å². The third kappa shape index (κ3) is 15.0. The molecule has 0 bridgehead atoms. The lowest BCUT2D eigenvalue weighted by Gasteiger charge is -2.03. The third-order valence-corrected chi connectivity index (χ3v) is 4.86. The van der Waals surface area contributed by atoms with E-state index in [9.17, 15) is 9.59 Å². The van der Waals surface area contributed by atoms with Crippen molar-refractivity contribution in [3.05, 3.63) is 24.3 Å². The second kappa shape index (κ2) is 16.4. The van der Waals surface area contributed by atoms with Crippen LogP contribution in [0.2, 0.25) is 0 Å². The van der Waals surface area contributed by atoms with Crippen LogP contribution in [0.15, 0.2) is 18.7 Å². The average molecular weight is 377 g/mol. The highest BCUT2D eigenvalue weighted by molar-refractivity contribution is 5.80. The second-order valence-electron chi connectivity index (χ2n) is 7.45. The van der Waals surface area contributed by atoms with E-state index in [1.165, 1.54) is 64.1 Å². The summed E-state index contributed by atoms with van der Waals surface area (Å²) in [6, 6.07) is 0. The van der Waals surface area contributed by atoms with E-state index in [-0.39, 0.29) is 5.78 Å². The molecule has 0 amide bonds. The van der Waals surface area contributed by atoms with Crippen LogP contribution in [0.4, 0.5) is 0 Å². The highest BCUT2D eigenvalue weighted by Gasteiger charge is 2.04. The van der Waals surface area contributed by atoms with Crippen LogP contribution in [-0.2, 0) is 16.0 Å². The zero-order chi connectivity index (χ0) is 19.6. The fourth-order valence-electron chi connectivity index (χ4n) is 3.28. The molecule has 0 saturated carbocycles. The Bertz CT molecular complexity index is 506. The smallest absolute Gasteiger partial charge is 0.303 e. The quantitative estimate of drug-likeness (QED) is 0.341. The first kappa shape index (κ1) is 23.3. The van der Waals surface area contributed by atoms with E-state index in [1.807, 2.05) is 0 Å². The number of Topliss-reactive ketones (excluding diaryl/α,β-unsaturated/α-hetero) is 1. The molecule has 0 unspecified atom stereocenters. The lowest BCUT2D eigenvalue weighted by atomic mass is 10.0. The molecule has 1 rings (SSSR count). The molecule has 5 nitrogen and oxygen atoms in total. The van der Waals surface area contributed by atoms with Gasteiger partial charge in [-0.1, -0.05) is 70.6 Å². The zero-order valence-electron chi connectivity index (χ0n) is 16.7. The van der Waals surface area contributed by atoms with Crippen LogP contribution >= 0.6 is 0 Å². The number of carboxylic acids is 1. The Kier molecular flexibility index (Phi) is 14.1. The molecule has 0 aromatic carbocycles. The highest BCUT2D eigenvalue weighted by atomic mass is 16.4. The first-order valence-corrected chi connectivity index (χ1v) is 10.7. The van der Waals surface area contributed by atoms with Crippen molar-refractivity contribution in [2.24, 2.45) is 0 Å². The summed E-state index contributed by atoms with van der Waals surface area (Å²) < 4.78 is 0. The molecule has 0 aliphatic heterocycles. The topological polar surface area (TPSA) is 80.1 Å². The summed E-state index contributed by atoms with van der Waals surface area (Å²) in [4.78, 5) is 30.1. The molecule has 1 aromatic rings. The summed E-state index contributed by atoms with van der Waals surface area (Å²) in [6.45, 7) is 0. The van der Waals surface area contributed by atoms with E-state index in [2.05, 4.69) is 9.97 Å². The number of nitrogens with zero attached hydrogens (tertiary/aromatic N) is 2. The first-order valence-electron chi connectivity index (χ1n) is 10.7. The molecular formula is C22H36N2O3. The van der Waals surface area contributed by atoms with E-state index >= 15 is 0 Å². The van der Waals surface area contributed by atoms with Crippen LogP contribution in [-0.4, -0.2) is 26.8 Å². The van der Waals surface area contributed by atoms with Gasteiger partial charge in [0.05, 0.1) is 0 Å². The minimum Gasteiger partial charge on any atom is -0.481 e. The molecule has 0 atom stereocenters. The number of carbonyl (C=O) groups is 2. The minimum absolute atomic E-state index is 0.285. The molecule has 1 N–H and O–H groups in total.